The number of hydrogen-bond acceptors (Lipinski definition) is 3. The largest absolute Gasteiger partial charge is 0.352 e. The number of rotatable bonds is 4. The smallest absolute Gasteiger partial charge is 0.234 e. The highest BCUT2D eigenvalue weighted by Crippen LogP contribution is 2.49. The van der Waals surface area contributed by atoms with Gasteiger partial charge in [-0.05, 0) is 50.9 Å². The molecule has 2 aliphatic carbocycles. The number of halogens is 1. The minimum Gasteiger partial charge on any atom is -0.352 e. The van der Waals surface area contributed by atoms with Crippen molar-refractivity contribution in [2.24, 2.45) is 17.8 Å². The molecule has 1 saturated heterocycles. The van der Waals surface area contributed by atoms with Crippen molar-refractivity contribution >= 4 is 18.3 Å². The van der Waals surface area contributed by atoms with E-state index in [2.05, 4.69) is 29.4 Å². The first-order valence-corrected chi connectivity index (χ1v) is 8.37. The molecule has 2 bridgehead atoms. The van der Waals surface area contributed by atoms with Gasteiger partial charge in [0.15, 0.2) is 0 Å². The molecule has 5 atom stereocenters. The summed E-state index contributed by atoms with van der Waals surface area (Å²) in [4.78, 5) is 14.5. The Morgan fingerprint density at radius 1 is 1.38 bits per heavy atom. The molecule has 1 heterocycles. The van der Waals surface area contributed by atoms with Gasteiger partial charge in [0.25, 0.3) is 0 Å². The average Bonchev–Trinajstić information content (AvgIpc) is 3.03. The minimum absolute atomic E-state index is 0. The van der Waals surface area contributed by atoms with Gasteiger partial charge >= 0.3 is 0 Å². The molecule has 2 N–H and O–H groups in total. The third-order valence-electron chi connectivity index (χ3n) is 5.81. The van der Waals surface area contributed by atoms with Crippen LogP contribution in [0.5, 0.6) is 0 Å². The molecule has 1 amide bonds. The first-order chi connectivity index (χ1) is 9.63. The summed E-state index contributed by atoms with van der Waals surface area (Å²) >= 11 is 0. The Balaban J connectivity index is 0.00000161. The van der Waals surface area contributed by atoms with Gasteiger partial charge in [-0.2, -0.15) is 0 Å². The Hall–Kier alpha value is -0.320. The molecule has 122 valence electrons. The molecule has 3 fully saturated rings. The van der Waals surface area contributed by atoms with E-state index in [-0.39, 0.29) is 18.3 Å². The number of piperazine rings is 1. The van der Waals surface area contributed by atoms with Crippen LogP contribution < -0.4 is 10.6 Å². The van der Waals surface area contributed by atoms with E-state index in [4.69, 9.17) is 0 Å². The van der Waals surface area contributed by atoms with Gasteiger partial charge < -0.3 is 10.6 Å². The zero-order valence-corrected chi connectivity index (χ0v) is 14.1. The number of carbonyl (C=O) groups is 1. The van der Waals surface area contributed by atoms with Crippen molar-refractivity contribution in [2.45, 2.75) is 51.6 Å². The molecule has 0 aromatic heterocycles. The topological polar surface area (TPSA) is 44.4 Å². The number of amides is 1. The second-order valence-corrected chi connectivity index (χ2v) is 7.22. The maximum absolute atomic E-state index is 12.3. The molecule has 0 radical (unpaired) electrons. The van der Waals surface area contributed by atoms with Crippen LogP contribution in [0.15, 0.2) is 0 Å². The van der Waals surface area contributed by atoms with Gasteiger partial charge in [-0.15, -0.1) is 12.4 Å². The fourth-order valence-corrected chi connectivity index (χ4v) is 4.62. The van der Waals surface area contributed by atoms with Crippen molar-refractivity contribution in [3.8, 4) is 0 Å². The molecule has 1 aliphatic heterocycles. The maximum atomic E-state index is 12.3. The molecule has 4 nitrogen and oxygen atoms in total. The Morgan fingerprint density at radius 2 is 2.19 bits per heavy atom. The van der Waals surface area contributed by atoms with Crippen LogP contribution in [-0.4, -0.2) is 49.1 Å². The summed E-state index contributed by atoms with van der Waals surface area (Å²) in [6, 6.07) is 0.823. The first-order valence-electron chi connectivity index (χ1n) is 8.37. The summed E-state index contributed by atoms with van der Waals surface area (Å²) in [5.74, 6) is 2.79. The van der Waals surface area contributed by atoms with Gasteiger partial charge in [0, 0.05) is 31.7 Å². The second-order valence-electron chi connectivity index (χ2n) is 7.22. The van der Waals surface area contributed by atoms with Crippen LogP contribution in [0.2, 0.25) is 0 Å². The number of nitrogens with zero attached hydrogens (tertiary/aromatic N) is 1. The van der Waals surface area contributed by atoms with Crippen molar-refractivity contribution in [3.63, 3.8) is 0 Å². The van der Waals surface area contributed by atoms with Gasteiger partial charge in [0.1, 0.15) is 0 Å². The Morgan fingerprint density at radius 3 is 2.81 bits per heavy atom. The van der Waals surface area contributed by atoms with Crippen molar-refractivity contribution in [2.75, 3.05) is 26.2 Å². The zero-order valence-electron chi connectivity index (χ0n) is 13.3. The van der Waals surface area contributed by atoms with E-state index in [0.29, 0.717) is 18.6 Å². The van der Waals surface area contributed by atoms with Gasteiger partial charge in [-0.1, -0.05) is 6.42 Å². The SMILES string of the molecule is CC(NC(=O)CN1CCNCC1C)C1CC2CCC1C2.Cl. The summed E-state index contributed by atoms with van der Waals surface area (Å²) in [5, 5.41) is 6.64. The number of nitrogens with one attached hydrogen (secondary N) is 2. The molecule has 0 spiro atoms. The normalized spacial score (nSPS) is 37.0. The first kappa shape index (κ1) is 17.0. The molecule has 3 aliphatic rings. The highest BCUT2D eigenvalue weighted by molar-refractivity contribution is 5.85. The lowest BCUT2D eigenvalue weighted by Gasteiger charge is -2.34. The number of carbonyl (C=O) groups excluding carboxylic acids is 1. The van der Waals surface area contributed by atoms with Crippen molar-refractivity contribution in [3.05, 3.63) is 0 Å². The van der Waals surface area contributed by atoms with Crippen LogP contribution in [0.3, 0.4) is 0 Å². The molecule has 5 unspecified atom stereocenters. The Bertz CT molecular complexity index is 365. The van der Waals surface area contributed by atoms with E-state index in [0.717, 1.165) is 37.4 Å². The van der Waals surface area contributed by atoms with E-state index in [1.165, 1.54) is 25.7 Å². The van der Waals surface area contributed by atoms with E-state index in [1.807, 2.05) is 0 Å². The summed E-state index contributed by atoms with van der Waals surface area (Å²) in [6.07, 6.45) is 5.58. The predicted octanol–water partition coefficient (Wildman–Crippen LogP) is 1.64. The summed E-state index contributed by atoms with van der Waals surface area (Å²) < 4.78 is 0. The van der Waals surface area contributed by atoms with Crippen LogP contribution >= 0.6 is 12.4 Å². The molecule has 5 heteroatoms. The fraction of sp³-hybridized carbons (Fsp3) is 0.938. The lowest BCUT2D eigenvalue weighted by atomic mass is 9.84. The molecule has 3 rings (SSSR count). The van der Waals surface area contributed by atoms with Crippen LogP contribution in [0.4, 0.5) is 0 Å². The highest BCUT2D eigenvalue weighted by Gasteiger charge is 2.42. The number of hydrogen-bond donors (Lipinski definition) is 2. The second kappa shape index (κ2) is 7.30. The van der Waals surface area contributed by atoms with Gasteiger partial charge in [0.2, 0.25) is 5.91 Å². The van der Waals surface area contributed by atoms with Gasteiger partial charge in [-0.3, -0.25) is 9.69 Å². The van der Waals surface area contributed by atoms with E-state index in [1.54, 1.807) is 0 Å². The van der Waals surface area contributed by atoms with Crippen molar-refractivity contribution in [1.82, 2.24) is 15.5 Å². The zero-order chi connectivity index (χ0) is 14.1. The third-order valence-corrected chi connectivity index (χ3v) is 5.81. The predicted molar refractivity (Wildman–Crippen MR) is 87.7 cm³/mol. The van der Waals surface area contributed by atoms with E-state index in [9.17, 15) is 4.79 Å². The summed E-state index contributed by atoms with van der Waals surface area (Å²) in [7, 11) is 0. The highest BCUT2D eigenvalue weighted by atomic mass is 35.5. The quantitative estimate of drug-likeness (QED) is 0.829. The van der Waals surface area contributed by atoms with Crippen molar-refractivity contribution < 1.29 is 4.79 Å². The van der Waals surface area contributed by atoms with Crippen LogP contribution in [0, 0.1) is 17.8 Å². The number of fused-ring (bicyclic) bond motifs is 2. The lowest BCUT2D eigenvalue weighted by molar-refractivity contribution is -0.124. The third kappa shape index (κ3) is 3.91. The van der Waals surface area contributed by atoms with E-state index < -0.39 is 0 Å². The standard InChI is InChI=1S/C16H29N3O.ClH/c1-11-9-17-5-6-19(11)10-16(20)18-12(2)15-8-13-3-4-14(15)7-13;/h11-15,17H,3-10H2,1-2H3,(H,18,20);1H. The van der Waals surface area contributed by atoms with E-state index >= 15 is 0 Å². The monoisotopic (exact) mass is 315 g/mol. The molecular formula is C16H30ClN3O. The lowest BCUT2D eigenvalue weighted by Crippen LogP contribution is -2.54. The molecular weight excluding hydrogens is 286 g/mol. The van der Waals surface area contributed by atoms with Crippen molar-refractivity contribution in [1.29, 1.82) is 0 Å². The Labute approximate surface area is 134 Å². The van der Waals surface area contributed by atoms with Crippen LogP contribution in [0.25, 0.3) is 0 Å². The maximum Gasteiger partial charge on any atom is 0.234 e. The fourth-order valence-electron chi connectivity index (χ4n) is 4.62. The average molecular weight is 316 g/mol. The van der Waals surface area contributed by atoms with Gasteiger partial charge in [-0.25, -0.2) is 0 Å². The van der Waals surface area contributed by atoms with Crippen LogP contribution in [0.1, 0.15) is 39.5 Å². The molecule has 0 aromatic carbocycles. The van der Waals surface area contributed by atoms with Gasteiger partial charge in [0.05, 0.1) is 6.54 Å². The molecule has 0 aromatic rings. The summed E-state index contributed by atoms with van der Waals surface area (Å²) in [5.41, 5.74) is 0. The molecule has 2 saturated carbocycles. The summed E-state index contributed by atoms with van der Waals surface area (Å²) in [6.45, 7) is 7.95. The van der Waals surface area contributed by atoms with Crippen LogP contribution in [-0.2, 0) is 4.79 Å². The Kier molecular flexibility index (Phi) is 5.92. The molecule has 21 heavy (non-hydrogen) atoms. The minimum atomic E-state index is 0.